The van der Waals surface area contributed by atoms with Crippen LogP contribution >= 0.6 is 0 Å². The standard InChI is InChI=1S/C22H24N8O/c31-22-7-6-19(18-4-3-8-23-16-18)26-30(22)15-14-27-10-12-28(13-11-27)17-21-25-24-20-5-1-2-9-29(20)21/h1-9,16H,10-15,17H2. The van der Waals surface area contributed by atoms with E-state index in [0.29, 0.717) is 6.54 Å². The maximum atomic E-state index is 12.3. The highest BCUT2D eigenvalue weighted by atomic mass is 16.1. The van der Waals surface area contributed by atoms with Crippen molar-refractivity contribution in [1.82, 2.24) is 39.2 Å². The fraction of sp³-hybridized carbons (Fsp3) is 0.318. The summed E-state index contributed by atoms with van der Waals surface area (Å²) in [7, 11) is 0. The predicted octanol–water partition coefficient (Wildman–Crippen LogP) is 1.17. The normalized spacial score (nSPS) is 15.5. The Hall–Kier alpha value is -3.43. The van der Waals surface area contributed by atoms with Crippen molar-refractivity contribution in [3.8, 4) is 11.3 Å². The third-order valence-electron chi connectivity index (χ3n) is 5.67. The summed E-state index contributed by atoms with van der Waals surface area (Å²) in [5.74, 6) is 0.965. The van der Waals surface area contributed by atoms with E-state index in [1.807, 2.05) is 40.9 Å². The van der Waals surface area contributed by atoms with E-state index in [4.69, 9.17) is 0 Å². The van der Waals surface area contributed by atoms with Gasteiger partial charge in [-0.2, -0.15) is 5.10 Å². The van der Waals surface area contributed by atoms with Crippen LogP contribution < -0.4 is 5.56 Å². The third-order valence-corrected chi connectivity index (χ3v) is 5.67. The van der Waals surface area contributed by atoms with Crippen molar-refractivity contribution >= 4 is 5.65 Å². The average Bonchev–Trinajstić information content (AvgIpc) is 3.23. The fourth-order valence-corrected chi connectivity index (χ4v) is 3.88. The first-order chi connectivity index (χ1) is 15.3. The van der Waals surface area contributed by atoms with Gasteiger partial charge in [0, 0.05) is 62.9 Å². The molecule has 5 heterocycles. The lowest BCUT2D eigenvalue weighted by atomic mass is 10.2. The lowest BCUT2D eigenvalue weighted by Crippen LogP contribution is -2.47. The van der Waals surface area contributed by atoms with Crippen LogP contribution in [0.1, 0.15) is 5.82 Å². The molecule has 0 saturated carbocycles. The minimum Gasteiger partial charge on any atom is -0.299 e. The maximum absolute atomic E-state index is 12.3. The molecule has 31 heavy (non-hydrogen) atoms. The van der Waals surface area contributed by atoms with Crippen LogP contribution in [0, 0.1) is 0 Å². The Kier molecular flexibility index (Phi) is 5.51. The Bertz CT molecular complexity index is 1210. The van der Waals surface area contributed by atoms with Crippen molar-refractivity contribution < 1.29 is 0 Å². The SMILES string of the molecule is O=c1ccc(-c2cccnc2)nn1CCN1CCN(Cc2nnc3ccccn23)CC1. The van der Waals surface area contributed by atoms with Crippen molar-refractivity contribution in [2.45, 2.75) is 13.1 Å². The summed E-state index contributed by atoms with van der Waals surface area (Å²) in [5.41, 5.74) is 2.47. The molecule has 1 fully saturated rings. The number of nitrogens with zero attached hydrogens (tertiary/aromatic N) is 8. The number of pyridine rings is 2. The molecule has 1 saturated heterocycles. The van der Waals surface area contributed by atoms with Crippen molar-refractivity contribution in [1.29, 1.82) is 0 Å². The van der Waals surface area contributed by atoms with Gasteiger partial charge in [-0.3, -0.25) is 24.0 Å². The van der Waals surface area contributed by atoms with E-state index >= 15 is 0 Å². The Morgan fingerprint density at radius 2 is 1.74 bits per heavy atom. The van der Waals surface area contributed by atoms with Gasteiger partial charge in [0.15, 0.2) is 11.5 Å². The molecule has 4 aromatic rings. The van der Waals surface area contributed by atoms with Gasteiger partial charge < -0.3 is 0 Å². The first kappa shape index (κ1) is 19.5. The molecule has 0 atom stereocenters. The monoisotopic (exact) mass is 416 g/mol. The van der Waals surface area contributed by atoms with Gasteiger partial charge >= 0.3 is 0 Å². The minimum atomic E-state index is -0.0787. The van der Waals surface area contributed by atoms with Gasteiger partial charge in [-0.25, -0.2) is 4.68 Å². The van der Waals surface area contributed by atoms with Gasteiger partial charge in [0.05, 0.1) is 18.8 Å². The number of piperazine rings is 1. The van der Waals surface area contributed by atoms with E-state index in [-0.39, 0.29) is 5.56 Å². The molecule has 0 bridgehead atoms. The number of hydrogen-bond donors (Lipinski definition) is 0. The van der Waals surface area contributed by atoms with Crippen molar-refractivity contribution in [2.24, 2.45) is 0 Å². The van der Waals surface area contributed by atoms with Crippen LogP contribution in [0.3, 0.4) is 0 Å². The lowest BCUT2D eigenvalue weighted by molar-refractivity contribution is 0.120. The van der Waals surface area contributed by atoms with E-state index < -0.39 is 0 Å². The van der Waals surface area contributed by atoms with Crippen molar-refractivity contribution in [3.63, 3.8) is 0 Å². The highest BCUT2D eigenvalue weighted by Crippen LogP contribution is 2.13. The molecule has 4 aromatic heterocycles. The van der Waals surface area contributed by atoms with Crippen LogP contribution in [0.15, 0.2) is 65.8 Å². The Labute approximate surface area is 179 Å². The number of rotatable bonds is 6. The van der Waals surface area contributed by atoms with Gasteiger partial charge in [0.1, 0.15) is 0 Å². The second kappa shape index (κ2) is 8.75. The summed E-state index contributed by atoms with van der Waals surface area (Å²) in [4.78, 5) is 21.2. The van der Waals surface area contributed by atoms with Crippen LogP contribution in [0.5, 0.6) is 0 Å². The van der Waals surface area contributed by atoms with Crippen LogP contribution in [0.2, 0.25) is 0 Å². The van der Waals surface area contributed by atoms with Gasteiger partial charge in [-0.1, -0.05) is 6.07 Å². The molecule has 0 unspecified atom stereocenters. The molecule has 0 aliphatic carbocycles. The Morgan fingerprint density at radius 1 is 0.871 bits per heavy atom. The van der Waals surface area contributed by atoms with E-state index in [9.17, 15) is 4.79 Å². The molecule has 1 aliphatic rings. The molecule has 0 radical (unpaired) electrons. The van der Waals surface area contributed by atoms with E-state index in [2.05, 4.69) is 30.1 Å². The van der Waals surface area contributed by atoms with Gasteiger partial charge in [0.2, 0.25) is 0 Å². The summed E-state index contributed by atoms with van der Waals surface area (Å²) in [5, 5.41) is 13.1. The molecule has 158 valence electrons. The average molecular weight is 416 g/mol. The molecule has 0 N–H and O–H groups in total. The highest BCUT2D eigenvalue weighted by Gasteiger charge is 2.19. The maximum Gasteiger partial charge on any atom is 0.266 e. The molecule has 9 heteroatoms. The predicted molar refractivity (Wildman–Crippen MR) is 116 cm³/mol. The second-order valence-electron chi connectivity index (χ2n) is 7.68. The van der Waals surface area contributed by atoms with Gasteiger partial charge in [-0.15, -0.1) is 10.2 Å². The van der Waals surface area contributed by atoms with Crippen molar-refractivity contribution in [2.75, 3.05) is 32.7 Å². The largest absolute Gasteiger partial charge is 0.299 e. The fourth-order valence-electron chi connectivity index (χ4n) is 3.88. The zero-order valence-electron chi connectivity index (χ0n) is 17.2. The van der Waals surface area contributed by atoms with Gasteiger partial charge in [-0.05, 0) is 30.3 Å². The first-order valence-electron chi connectivity index (χ1n) is 10.5. The summed E-state index contributed by atoms with van der Waals surface area (Å²) < 4.78 is 3.59. The van der Waals surface area contributed by atoms with Crippen LogP contribution in [0.4, 0.5) is 0 Å². The topological polar surface area (TPSA) is 84.5 Å². The number of hydrogen-bond acceptors (Lipinski definition) is 7. The van der Waals surface area contributed by atoms with Crippen LogP contribution in [-0.4, -0.2) is 71.9 Å². The highest BCUT2D eigenvalue weighted by molar-refractivity contribution is 5.56. The van der Waals surface area contributed by atoms with Crippen molar-refractivity contribution in [3.05, 3.63) is 77.2 Å². The summed E-state index contributed by atoms with van der Waals surface area (Å²) >= 11 is 0. The van der Waals surface area contributed by atoms with E-state index in [1.54, 1.807) is 29.2 Å². The molecular formula is C22H24N8O. The van der Waals surface area contributed by atoms with E-state index in [1.165, 1.54) is 0 Å². The lowest BCUT2D eigenvalue weighted by Gasteiger charge is -2.34. The molecule has 0 spiro atoms. The zero-order valence-corrected chi connectivity index (χ0v) is 17.2. The second-order valence-corrected chi connectivity index (χ2v) is 7.68. The molecule has 1 aliphatic heterocycles. The first-order valence-corrected chi connectivity index (χ1v) is 10.5. The number of fused-ring (bicyclic) bond motifs is 1. The summed E-state index contributed by atoms with van der Waals surface area (Å²) in [6.45, 7) is 5.97. The zero-order chi connectivity index (χ0) is 21.0. The quantitative estimate of drug-likeness (QED) is 0.466. The summed E-state index contributed by atoms with van der Waals surface area (Å²) in [6, 6.07) is 13.1. The summed E-state index contributed by atoms with van der Waals surface area (Å²) in [6.07, 6.45) is 5.49. The smallest absolute Gasteiger partial charge is 0.266 e. The Morgan fingerprint density at radius 3 is 2.58 bits per heavy atom. The molecule has 0 amide bonds. The molecule has 0 aromatic carbocycles. The van der Waals surface area contributed by atoms with Crippen LogP contribution in [0.25, 0.3) is 16.9 Å². The number of aromatic nitrogens is 6. The van der Waals surface area contributed by atoms with Gasteiger partial charge in [0.25, 0.3) is 5.56 Å². The van der Waals surface area contributed by atoms with E-state index in [0.717, 1.165) is 62.0 Å². The molecule has 5 rings (SSSR count). The molecule has 9 nitrogen and oxygen atoms in total. The minimum absolute atomic E-state index is 0.0787. The third kappa shape index (κ3) is 4.37. The van der Waals surface area contributed by atoms with Crippen LogP contribution in [-0.2, 0) is 13.1 Å². The molecular weight excluding hydrogens is 392 g/mol. The Balaban J connectivity index is 1.17.